The fraction of sp³-hybridized carbons (Fsp3) is 0.360. The van der Waals surface area contributed by atoms with Crippen molar-refractivity contribution in [1.82, 2.24) is 30.3 Å². The second-order valence-corrected chi connectivity index (χ2v) is 9.36. The Kier molecular flexibility index (Phi) is 10.3. The number of aliphatic hydroxyl groups excluding tert-OH is 1. The molecule has 1 heterocycles. The summed E-state index contributed by atoms with van der Waals surface area (Å²) in [5, 5.41) is 21.1. The topological polar surface area (TPSA) is 130 Å². The van der Waals surface area contributed by atoms with E-state index in [1.54, 1.807) is 6.92 Å². The predicted octanol–water partition coefficient (Wildman–Crippen LogP) is 3.48. The maximum absolute atomic E-state index is 13.3. The van der Waals surface area contributed by atoms with E-state index >= 15 is 0 Å². The summed E-state index contributed by atoms with van der Waals surface area (Å²) in [7, 11) is 0. The number of hydrogen-bond donors (Lipinski definition) is 4. The number of nitrogens with zero attached hydrogens (tertiary/aromatic N) is 3. The van der Waals surface area contributed by atoms with Crippen molar-refractivity contribution in [2.75, 3.05) is 13.1 Å². The van der Waals surface area contributed by atoms with Gasteiger partial charge in [-0.25, -0.2) is 14.3 Å². The molecular weight excluding hydrogens is 598 g/mol. The Hall–Kier alpha value is -4.05. The van der Waals surface area contributed by atoms with Gasteiger partial charge in [0.25, 0.3) is 0 Å². The number of aromatic nitrogens is 3. The summed E-state index contributed by atoms with van der Waals surface area (Å²) in [4.78, 5) is 37.9. The van der Waals surface area contributed by atoms with Gasteiger partial charge >= 0.3 is 24.1 Å². The highest BCUT2D eigenvalue weighted by atomic mass is 35.5. The fourth-order valence-electron chi connectivity index (χ4n) is 3.78. The first kappa shape index (κ1) is 32.5. The molecule has 2 unspecified atom stereocenters. The highest BCUT2D eigenvalue weighted by molar-refractivity contribution is 6.30. The quantitative estimate of drug-likeness (QED) is 0.257. The molecule has 2 atom stereocenters. The lowest BCUT2D eigenvalue weighted by atomic mass is 10.0. The van der Waals surface area contributed by atoms with Gasteiger partial charge in [0.05, 0.1) is 18.2 Å². The monoisotopic (exact) mass is 622 g/mol. The lowest BCUT2D eigenvalue weighted by Crippen LogP contribution is -2.43. The summed E-state index contributed by atoms with van der Waals surface area (Å²) in [6.45, 7) is -0.558. The second kappa shape index (κ2) is 13.3. The van der Waals surface area contributed by atoms with Gasteiger partial charge in [0, 0.05) is 23.7 Å². The van der Waals surface area contributed by atoms with Gasteiger partial charge < -0.3 is 21.1 Å². The van der Waals surface area contributed by atoms with E-state index in [1.165, 1.54) is 30.3 Å². The molecular formula is C25H25ClF6N6O4. The van der Waals surface area contributed by atoms with Crippen LogP contribution in [0.3, 0.4) is 0 Å². The molecule has 3 amide bonds. The van der Waals surface area contributed by atoms with E-state index in [0.717, 1.165) is 18.2 Å². The maximum Gasteiger partial charge on any atom is 0.416 e. The van der Waals surface area contributed by atoms with Crippen LogP contribution in [0.15, 0.2) is 53.3 Å². The number of carbonyl (C=O) groups is 2. The van der Waals surface area contributed by atoms with Gasteiger partial charge in [-0.05, 0) is 48.9 Å². The molecule has 17 heteroatoms. The standard InChI is InChI=1S/C25H25ClF6N6O4/c1-2-33-22(41)34-11-18(15-4-3-5-16(10-15)24(27,28)29)35-20(40)13-38-23(42)37(12-19(39)25(30,31)32)21(36-38)14-6-8-17(26)9-7-14/h3-10,18-19,39H,2,11-13H2,1H3,(H,35,40)(H2,33,34,41). The smallest absolute Gasteiger partial charge is 0.382 e. The summed E-state index contributed by atoms with van der Waals surface area (Å²) in [5.74, 6) is -1.26. The van der Waals surface area contributed by atoms with Crippen LogP contribution < -0.4 is 21.6 Å². The van der Waals surface area contributed by atoms with E-state index in [9.17, 15) is 45.8 Å². The lowest BCUT2D eigenvalue weighted by Gasteiger charge is -2.21. The molecule has 0 radical (unpaired) electrons. The minimum absolute atomic E-state index is 0.0250. The zero-order chi connectivity index (χ0) is 31.2. The zero-order valence-corrected chi connectivity index (χ0v) is 22.5. The molecule has 0 bridgehead atoms. The summed E-state index contributed by atoms with van der Waals surface area (Å²) in [6, 6.07) is 7.64. The highest BCUT2D eigenvalue weighted by Gasteiger charge is 2.39. The van der Waals surface area contributed by atoms with Crippen LogP contribution in [0, 0.1) is 0 Å². The number of halogens is 7. The van der Waals surface area contributed by atoms with Crippen LogP contribution in [0.25, 0.3) is 11.4 Å². The zero-order valence-electron chi connectivity index (χ0n) is 21.8. The Morgan fingerprint density at radius 1 is 1.05 bits per heavy atom. The van der Waals surface area contributed by atoms with Crippen LogP contribution >= 0.6 is 11.6 Å². The van der Waals surface area contributed by atoms with E-state index in [1.807, 2.05) is 0 Å². The summed E-state index contributed by atoms with van der Waals surface area (Å²) in [5.41, 5.74) is -2.06. The number of benzene rings is 2. The molecule has 0 saturated carbocycles. The van der Waals surface area contributed by atoms with Gasteiger partial charge in [0.1, 0.15) is 6.54 Å². The Bertz CT molecular complexity index is 1460. The summed E-state index contributed by atoms with van der Waals surface area (Å²) >= 11 is 5.86. The number of urea groups is 1. The molecule has 42 heavy (non-hydrogen) atoms. The number of hydrogen-bond acceptors (Lipinski definition) is 5. The van der Waals surface area contributed by atoms with E-state index in [0.29, 0.717) is 9.25 Å². The maximum atomic E-state index is 13.3. The summed E-state index contributed by atoms with van der Waals surface area (Å²) < 4.78 is 80.2. The Labute approximate surface area is 239 Å². The van der Waals surface area contributed by atoms with Crippen molar-refractivity contribution >= 4 is 23.5 Å². The molecule has 0 saturated heterocycles. The van der Waals surface area contributed by atoms with Crippen LogP contribution in [0.4, 0.5) is 31.1 Å². The molecule has 0 spiro atoms. The minimum atomic E-state index is -5.06. The molecule has 3 rings (SSSR count). The normalized spacial score (nSPS) is 13.4. The van der Waals surface area contributed by atoms with Gasteiger partial charge in [-0.15, -0.1) is 5.10 Å². The molecule has 1 aromatic heterocycles. The van der Waals surface area contributed by atoms with Crippen LogP contribution in [-0.2, 0) is 24.1 Å². The molecule has 0 aliphatic carbocycles. The molecule has 4 N–H and O–H groups in total. The third-order valence-corrected chi connectivity index (χ3v) is 6.06. The number of rotatable bonds is 10. The molecule has 228 valence electrons. The van der Waals surface area contributed by atoms with Gasteiger partial charge in [-0.3, -0.25) is 9.36 Å². The van der Waals surface area contributed by atoms with E-state index < -0.39 is 60.8 Å². The number of carbonyl (C=O) groups excluding carboxylic acids is 2. The van der Waals surface area contributed by atoms with Crippen molar-refractivity contribution < 1.29 is 41.0 Å². The minimum Gasteiger partial charge on any atom is -0.382 e. The first-order valence-electron chi connectivity index (χ1n) is 12.3. The molecule has 0 fully saturated rings. The SMILES string of the molecule is CCNC(=O)NCC(NC(=O)Cn1nc(-c2ccc(Cl)cc2)n(CC(O)C(F)(F)F)c1=O)c1cccc(C(F)(F)F)c1. The van der Waals surface area contributed by atoms with Gasteiger partial charge in [-0.2, -0.15) is 26.3 Å². The highest BCUT2D eigenvalue weighted by Crippen LogP contribution is 2.31. The molecule has 0 aliphatic rings. The molecule has 2 aromatic carbocycles. The van der Waals surface area contributed by atoms with Crippen LogP contribution in [0.2, 0.25) is 5.02 Å². The number of aliphatic hydroxyl groups is 1. The van der Waals surface area contributed by atoms with Crippen LogP contribution in [-0.4, -0.2) is 56.8 Å². The van der Waals surface area contributed by atoms with Gasteiger partial charge in [0.15, 0.2) is 11.9 Å². The van der Waals surface area contributed by atoms with Crippen molar-refractivity contribution in [3.63, 3.8) is 0 Å². The average molecular weight is 623 g/mol. The number of amides is 3. The van der Waals surface area contributed by atoms with Crippen molar-refractivity contribution in [1.29, 1.82) is 0 Å². The summed E-state index contributed by atoms with van der Waals surface area (Å²) in [6.07, 6.45) is -12.7. The lowest BCUT2D eigenvalue weighted by molar-refractivity contribution is -0.207. The molecule has 10 nitrogen and oxygen atoms in total. The van der Waals surface area contributed by atoms with Gasteiger partial charge in [0.2, 0.25) is 5.91 Å². The first-order chi connectivity index (χ1) is 19.6. The first-order valence-corrected chi connectivity index (χ1v) is 12.6. The number of nitrogens with one attached hydrogen (secondary N) is 3. The Morgan fingerprint density at radius 3 is 2.31 bits per heavy atom. The largest absolute Gasteiger partial charge is 0.416 e. The Morgan fingerprint density at radius 2 is 1.71 bits per heavy atom. The average Bonchev–Trinajstić information content (AvgIpc) is 3.20. The van der Waals surface area contributed by atoms with Crippen molar-refractivity contribution in [2.45, 2.75) is 44.5 Å². The van der Waals surface area contributed by atoms with Crippen molar-refractivity contribution in [2.24, 2.45) is 0 Å². The van der Waals surface area contributed by atoms with Crippen LogP contribution in [0.5, 0.6) is 0 Å². The fourth-order valence-corrected chi connectivity index (χ4v) is 3.90. The van der Waals surface area contributed by atoms with E-state index in [2.05, 4.69) is 21.0 Å². The number of alkyl halides is 6. The Balaban J connectivity index is 1.93. The third kappa shape index (κ3) is 8.48. The van der Waals surface area contributed by atoms with Crippen LogP contribution in [0.1, 0.15) is 24.1 Å². The van der Waals surface area contributed by atoms with Crippen molar-refractivity contribution in [3.8, 4) is 11.4 Å². The second-order valence-electron chi connectivity index (χ2n) is 8.92. The van der Waals surface area contributed by atoms with Crippen molar-refractivity contribution in [3.05, 3.63) is 75.2 Å². The predicted molar refractivity (Wildman–Crippen MR) is 138 cm³/mol. The third-order valence-electron chi connectivity index (χ3n) is 5.81. The van der Waals surface area contributed by atoms with E-state index in [-0.39, 0.29) is 35.1 Å². The van der Waals surface area contributed by atoms with E-state index in [4.69, 9.17) is 11.6 Å². The van der Waals surface area contributed by atoms with Gasteiger partial charge in [-0.1, -0.05) is 23.7 Å². The molecule has 3 aromatic rings. The molecule has 0 aliphatic heterocycles.